The van der Waals surface area contributed by atoms with Gasteiger partial charge in [-0.3, -0.25) is 4.67 Å². The second-order valence-corrected chi connectivity index (χ2v) is 4.08. The van der Waals surface area contributed by atoms with E-state index in [9.17, 15) is 0 Å². The normalized spacial score (nSPS) is 40.9. The number of hydrogen-bond donors (Lipinski definition) is 0. The van der Waals surface area contributed by atoms with Gasteiger partial charge in [-0.1, -0.05) is 36.6 Å². The summed E-state index contributed by atoms with van der Waals surface area (Å²) in [6.07, 6.45) is 1.41. The van der Waals surface area contributed by atoms with E-state index in [1.165, 1.54) is 19.5 Å². The fraction of sp³-hybridized carbons (Fsp3) is 1.00. The minimum atomic E-state index is 1.08. The van der Waals surface area contributed by atoms with Gasteiger partial charge in [0.15, 0.2) is 0 Å². The highest BCUT2D eigenvalue weighted by atomic mass is 31.0. The molecule has 0 amide bonds. The predicted octanol–water partition coefficient (Wildman–Crippen LogP) is 2.39. The Bertz CT molecular complexity index is 115. The molecule has 0 spiro atoms. The van der Waals surface area contributed by atoms with Gasteiger partial charge in [-0.05, 0) is 17.8 Å². The van der Waals surface area contributed by atoms with Gasteiger partial charge in [0.05, 0.1) is 0 Å². The minimum Gasteiger partial charge on any atom is -0.287 e. The maximum absolute atomic E-state index is 2.80. The summed E-state index contributed by atoms with van der Waals surface area (Å²) in [4.78, 5) is 0. The van der Waals surface area contributed by atoms with E-state index in [1.54, 1.807) is 0 Å². The van der Waals surface area contributed by atoms with Crippen molar-refractivity contribution in [3.05, 3.63) is 0 Å². The third-order valence-corrected chi connectivity index (χ3v) is 3.29. The smallest absolute Gasteiger partial charge is 0.00506 e. The van der Waals surface area contributed by atoms with Crippen LogP contribution >= 0.6 is 9.39 Å². The Morgan fingerprint density at radius 1 is 1.27 bits per heavy atom. The van der Waals surface area contributed by atoms with E-state index in [1.807, 2.05) is 13.8 Å². The lowest BCUT2D eigenvalue weighted by Crippen LogP contribution is -2.11. The number of rotatable bonds is 1. The molecular formula is C9H20NP. The zero-order valence-electron chi connectivity index (χ0n) is 7.88. The van der Waals surface area contributed by atoms with Gasteiger partial charge in [0.2, 0.25) is 0 Å². The molecule has 1 heterocycles. The molecule has 66 valence electrons. The quantitative estimate of drug-likeness (QED) is 0.550. The summed E-state index contributed by atoms with van der Waals surface area (Å²) in [7, 11) is 2.80. The molecule has 1 saturated heterocycles. The number of fused-ring (bicyclic) bond motifs is 1. The van der Waals surface area contributed by atoms with E-state index in [0.717, 1.165) is 17.8 Å². The number of nitrogens with zero attached hydrogens (tertiary/aromatic N) is 1. The van der Waals surface area contributed by atoms with E-state index < -0.39 is 0 Å². The third-order valence-electron chi connectivity index (χ3n) is 2.87. The van der Waals surface area contributed by atoms with Crippen molar-refractivity contribution in [2.45, 2.75) is 27.2 Å². The maximum Gasteiger partial charge on any atom is 0.00506 e. The van der Waals surface area contributed by atoms with Crippen molar-refractivity contribution in [1.82, 2.24) is 4.67 Å². The SMILES string of the molecule is CC.CCC1C2CN(P)CC12. The first kappa shape index (κ1) is 9.48. The van der Waals surface area contributed by atoms with Gasteiger partial charge in [-0.2, -0.15) is 0 Å². The summed E-state index contributed by atoms with van der Waals surface area (Å²) < 4.78 is 2.38. The molecule has 2 rings (SSSR count). The zero-order chi connectivity index (χ0) is 8.43. The summed E-state index contributed by atoms with van der Waals surface area (Å²) in [6, 6.07) is 0. The Kier molecular flexibility index (Phi) is 3.33. The molecule has 2 heteroatoms. The molecule has 0 aromatic heterocycles. The van der Waals surface area contributed by atoms with Gasteiger partial charge in [0, 0.05) is 13.1 Å². The van der Waals surface area contributed by atoms with Crippen LogP contribution in [0.3, 0.4) is 0 Å². The highest BCUT2D eigenvalue weighted by molar-refractivity contribution is 7.13. The Morgan fingerprint density at radius 3 is 2.09 bits per heavy atom. The largest absolute Gasteiger partial charge is 0.287 e. The first-order valence-corrected chi connectivity index (χ1v) is 5.34. The second-order valence-electron chi connectivity index (χ2n) is 3.35. The van der Waals surface area contributed by atoms with Gasteiger partial charge in [-0.25, -0.2) is 0 Å². The molecule has 11 heavy (non-hydrogen) atoms. The molecule has 3 atom stereocenters. The van der Waals surface area contributed by atoms with Crippen LogP contribution in [0.15, 0.2) is 0 Å². The van der Waals surface area contributed by atoms with Crippen molar-refractivity contribution in [2.75, 3.05) is 13.1 Å². The maximum atomic E-state index is 2.80. The molecule has 2 aliphatic rings. The number of hydrogen-bond acceptors (Lipinski definition) is 1. The van der Waals surface area contributed by atoms with Crippen LogP contribution in [0, 0.1) is 17.8 Å². The minimum absolute atomic E-state index is 1.08. The Balaban J connectivity index is 0.000000281. The fourth-order valence-corrected chi connectivity index (χ4v) is 2.77. The molecule has 1 aliphatic carbocycles. The average molecular weight is 173 g/mol. The van der Waals surface area contributed by atoms with Gasteiger partial charge in [0.1, 0.15) is 0 Å². The summed E-state index contributed by atoms with van der Waals surface area (Å²) in [5.41, 5.74) is 0. The van der Waals surface area contributed by atoms with Gasteiger partial charge in [-0.15, -0.1) is 0 Å². The van der Waals surface area contributed by atoms with Crippen LogP contribution in [0.25, 0.3) is 0 Å². The van der Waals surface area contributed by atoms with E-state index in [4.69, 9.17) is 0 Å². The topological polar surface area (TPSA) is 3.24 Å². The third kappa shape index (κ3) is 1.76. The Labute approximate surface area is 72.8 Å². The van der Waals surface area contributed by atoms with E-state index in [2.05, 4.69) is 21.0 Å². The zero-order valence-corrected chi connectivity index (χ0v) is 9.03. The molecule has 0 radical (unpaired) electrons. The molecular weight excluding hydrogens is 153 g/mol. The standard InChI is InChI=1S/C7H14NP.C2H6/c1-2-5-6-3-8(9)4-7(5)6;1-2/h5-7H,2-4,9H2,1H3;1-2H3. The molecule has 1 nitrogen and oxygen atoms in total. The molecule has 3 unspecified atom stereocenters. The lowest BCUT2D eigenvalue weighted by atomic mass is 10.2. The van der Waals surface area contributed by atoms with Crippen LogP contribution in [0.5, 0.6) is 0 Å². The first-order valence-electron chi connectivity index (χ1n) is 4.82. The Morgan fingerprint density at radius 2 is 1.73 bits per heavy atom. The van der Waals surface area contributed by atoms with E-state index in [0.29, 0.717) is 0 Å². The lowest BCUT2D eigenvalue weighted by molar-refractivity contribution is 0.455. The van der Waals surface area contributed by atoms with E-state index in [-0.39, 0.29) is 0 Å². The summed E-state index contributed by atoms with van der Waals surface area (Å²) >= 11 is 0. The van der Waals surface area contributed by atoms with Crippen LogP contribution in [0.4, 0.5) is 0 Å². The van der Waals surface area contributed by atoms with Crippen molar-refractivity contribution in [3.63, 3.8) is 0 Å². The second kappa shape index (κ2) is 3.87. The van der Waals surface area contributed by atoms with Crippen LogP contribution in [-0.4, -0.2) is 17.8 Å². The monoisotopic (exact) mass is 173 g/mol. The van der Waals surface area contributed by atoms with Crippen LogP contribution in [-0.2, 0) is 0 Å². The average Bonchev–Trinajstić information content (AvgIpc) is 2.52. The molecule has 1 saturated carbocycles. The van der Waals surface area contributed by atoms with E-state index >= 15 is 0 Å². The van der Waals surface area contributed by atoms with Crippen molar-refractivity contribution in [1.29, 1.82) is 0 Å². The van der Waals surface area contributed by atoms with Gasteiger partial charge < -0.3 is 0 Å². The summed E-state index contributed by atoms with van der Waals surface area (Å²) in [5.74, 6) is 3.25. The molecule has 2 fully saturated rings. The van der Waals surface area contributed by atoms with Gasteiger partial charge in [0.25, 0.3) is 0 Å². The fourth-order valence-electron chi connectivity index (χ4n) is 2.29. The molecule has 1 aliphatic heterocycles. The van der Waals surface area contributed by atoms with Crippen LogP contribution < -0.4 is 0 Å². The van der Waals surface area contributed by atoms with Gasteiger partial charge >= 0.3 is 0 Å². The highest BCUT2D eigenvalue weighted by Crippen LogP contribution is 2.53. The predicted molar refractivity (Wildman–Crippen MR) is 53.4 cm³/mol. The van der Waals surface area contributed by atoms with Crippen molar-refractivity contribution >= 4 is 9.39 Å². The lowest BCUT2D eigenvalue weighted by Gasteiger charge is -2.10. The van der Waals surface area contributed by atoms with Crippen LogP contribution in [0.2, 0.25) is 0 Å². The van der Waals surface area contributed by atoms with Crippen molar-refractivity contribution in [2.24, 2.45) is 17.8 Å². The molecule has 0 N–H and O–H groups in total. The first-order chi connectivity index (χ1) is 5.33. The van der Waals surface area contributed by atoms with Crippen LogP contribution in [0.1, 0.15) is 27.2 Å². The van der Waals surface area contributed by atoms with Crippen molar-refractivity contribution < 1.29 is 0 Å². The number of piperidine rings is 1. The highest BCUT2D eigenvalue weighted by Gasteiger charge is 2.53. The van der Waals surface area contributed by atoms with Crippen molar-refractivity contribution in [3.8, 4) is 0 Å². The molecule has 0 aromatic rings. The summed E-state index contributed by atoms with van der Waals surface area (Å²) in [6.45, 7) is 9.00. The molecule has 0 bridgehead atoms. The Hall–Kier alpha value is 0.390. The molecule has 0 aromatic carbocycles. The summed E-state index contributed by atoms with van der Waals surface area (Å²) in [5, 5.41) is 0.